The SMILES string of the molecule is Cc1cc(Br)c(N(N)c2ncnc(Nc3ccc(C#N)cc3)n2)c(Br)c1. The topological polar surface area (TPSA) is 104 Å². The predicted molar refractivity (Wildman–Crippen MR) is 107 cm³/mol. The Morgan fingerprint density at radius 1 is 1.12 bits per heavy atom. The van der Waals surface area contributed by atoms with Crippen molar-refractivity contribution < 1.29 is 0 Å². The third-order valence-electron chi connectivity index (χ3n) is 3.45. The van der Waals surface area contributed by atoms with Crippen molar-refractivity contribution in [2.75, 3.05) is 10.3 Å². The van der Waals surface area contributed by atoms with Gasteiger partial charge >= 0.3 is 0 Å². The summed E-state index contributed by atoms with van der Waals surface area (Å²) < 4.78 is 1.63. The van der Waals surface area contributed by atoms with Gasteiger partial charge in [0.15, 0.2) is 0 Å². The highest BCUT2D eigenvalue weighted by Crippen LogP contribution is 2.36. The van der Waals surface area contributed by atoms with Crippen molar-refractivity contribution in [1.29, 1.82) is 5.26 Å². The standard InChI is InChI=1S/C17H13Br2N7/c1-10-6-13(18)15(14(19)7-10)26(21)17-23-9-22-16(25-17)24-12-4-2-11(8-20)3-5-12/h2-7,9H,21H2,1H3,(H,22,23,24,25). The largest absolute Gasteiger partial charge is 0.324 e. The quantitative estimate of drug-likeness (QED) is 0.428. The number of aromatic nitrogens is 3. The first-order chi connectivity index (χ1) is 12.5. The zero-order valence-corrected chi connectivity index (χ0v) is 16.8. The van der Waals surface area contributed by atoms with Crippen LogP contribution in [0.15, 0.2) is 51.7 Å². The maximum atomic E-state index is 8.86. The highest BCUT2D eigenvalue weighted by molar-refractivity contribution is 9.11. The second-order valence-electron chi connectivity index (χ2n) is 5.37. The van der Waals surface area contributed by atoms with Gasteiger partial charge in [0.1, 0.15) is 6.33 Å². The lowest BCUT2D eigenvalue weighted by Gasteiger charge is -2.20. The van der Waals surface area contributed by atoms with Crippen LogP contribution in [0.25, 0.3) is 0 Å². The molecule has 0 bridgehead atoms. The van der Waals surface area contributed by atoms with Gasteiger partial charge in [0.05, 0.1) is 17.3 Å². The van der Waals surface area contributed by atoms with Gasteiger partial charge in [0.25, 0.3) is 0 Å². The number of aryl methyl sites for hydroxylation is 1. The van der Waals surface area contributed by atoms with E-state index in [4.69, 9.17) is 11.1 Å². The van der Waals surface area contributed by atoms with E-state index in [0.29, 0.717) is 17.2 Å². The van der Waals surface area contributed by atoms with Crippen molar-refractivity contribution in [2.24, 2.45) is 5.84 Å². The molecule has 0 fully saturated rings. The molecule has 0 unspecified atom stereocenters. The second-order valence-corrected chi connectivity index (χ2v) is 7.08. The van der Waals surface area contributed by atoms with Gasteiger partial charge in [-0.25, -0.2) is 15.8 Å². The van der Waals surface area contributed by atoms with Crippen LogP contribution in [-0.4, -0.2) is 15.0 Å². The molecule has 7 nitrogen and oxygen atoms in total. The Hall–Kier alpha value is -2.54. The van der Waals surface area contributed by atoms with Crippen molar-refractivity contribution in [3.05, 3.63) is 62.8 Å². The van der Waals surface area contributed by atoms with Crippen LogP contribution in [0.4, 0.5) is 23.3 Å². The summed E-state index contributed by atoms with van der Waals surface area (Å²) in [6, 6.07) is 12.9. The molecule has 0 saturated heterocycles. The normalized spacial score (nSPS) is 10.3. The average Bonchev–Trinajstić information content (AvgIpc) is 2.61. The molecule has 0 saturated carbocycles. The molecule has 0 radical (unpaired) electrons. The molecule has 3 aromatic rings. The molecule has 3 rings (SSSR count). The van der Waals surface area contributed by atoms with Gasteiger partial charge in [-0.05, 0) is 80.7 Å². The Kier molecular flexibility index (Phi) is 5.46. The summed E-state index contributed by atoms with van der Waals surface area (Å²) >= 11 is 7.03. The van der Waals surface area contributed by atoms with Crippen molar-refractivity contribution in [3.8, 4) is 6.07 Å². The van der Waals surface area contributed by atoms with E-state index >= 15 is 0 Å². The molecule has 2 aromatic carbocycles. The maximum Gasteiger partial charge on any atom is 0.249 e. The fourth-order valence-corrected chi connectivity index (χ4v) is 4.04. The van der Waals surface area contributed by atoms with Gasteiger partial charge < -0.3 is 5.32 Å². The zero-order chi connectivity index (χ0) is 18.7. The number of hydrazine groups is 1. The van der Waals surface area contributed by atoms with Crippen LogP contribution in [0.5, 0.6) is 0 Å². The van der Waals surface area contributed by atoms with E-state index in [1.54, 1.807) is 24.3 Å². The van der Waals surface area contributed by atoms with Crippen LogP contribution in [0.2, 0.25) is 0 Å². The molecule has 9 heteroatoms. The summed E-state index contributed by atoms with van der Waals surface area (Å²) in [6.45, 7) is 1.99. The van der Waals surface area contributed by atoms with Crippen molar-refractivity contribution >= 4 is 55.1 Å². The summed E-state index contributed by atoms with van der Waals surface area (Å²) in [5.74, 6) is 6.85. The fraction of sp³-hybridized carbons (Fsp3) is 0.0588. The van der Waals surface area contributed by atoms with Crippen molar-refractivity contribution in [1.82, 2.24) is 15.0 Å². The number of nitriles is 1. The van der Waals surface area contributed by atoms with E-state index in [1.807, 2.05) is 19.1 Å². The summed E-state index contributed by atoms with van der Waals surface area (Å²) in [7, 11) is 0. The molecular formula is C17H13Br2N7. The van der Waals surface area contributed by atoms with Crippen LogP contribution in [0, 0.1) is 18.3 Å². The number of anilines is 4. The van der Waals surface area contributed by atoms with Gasteiger partial charge in [0.2, 0.25) is 11.9 Å². The van der Waals surface area contributed by atoms with E-state index in [0.717, 1.165) is 20.2 Å². The predicted octanol–water partition coefficient (Wildman–Crippen LogP) is 4.33. The molecule has 26 heavy (non-hydrogen) atoms. The van der Waals surface area contributed by atoms with Crippen LogP contribution in [-0.2, 0) is 0 Å². The first-order valence-corrected chi connectivity index (χ1v) is 9.03. The zero-order valence-electron chi connectivity index (χ0n) is 13.6. The Morgan fingerprint density at radius 3 is 2.38 bits per heavy atom. The summed E-state index contributed by atoms with van der Waals surface area (Å²) in [5, 5.41) is 13.3. The monoisotopic (exact) mass is 473 g/mol. The minimum atomic E-state index is 0.279. The number of hydrogen-bond donors (Lipinski definition) is 2. The van der Waals surface area contributed by atoms with Gasteiger partial charge in [-0.1, -0.05) is 0 Å². The minimum Gasteiger partial charge on any atom is -0.324 e. The van der Waals surface area contributed by atoms with Crippen LogP contribution in [0.3, 0.4) is 0 Å². The van der Waals surface area contributed by atoms with Crippen molar-refractivity contribution in [2.45, 2.75) is 6.92 Å². The summed E-state index contributed by atoms with van der Waals surface area (Å²) in [5.41, 5.74) is 3.11. The summed E-state index contributed by atoms with van der Waals surface area (Å²) in [4.78, 5) is 12.6. The van der Waals surface area contributed by atoms with Crippen LogP contribution < -0.4 is 16.2 Å². The van der Waals surface area contributed by atoms with Gasteiger partial charge in [-0.2, -0.15) is 15.2 Å². The molecular weight excluding hydrogens is 462 g/mol. The second kappa shape index (κ2) is 7.78. The van der Waals surface area contributed by atoms with E-state index in [2.05, 4.69) is 58.2 Å². The Bertz CT molecular complexity index is 960. The fourth-order valence-electron chi connectivity index (χ4n) is 2.24. The third kappa shape index (κ3) is 3.99. The highest BCUT2D eigenvalue weighted by atomic mass is 79.9. The van der Waals surface area contributed by atoms with Crippen LogP contribution in [0.1, 0.15) is 11.1 Å². The number of halogens is 2. The Labute approximate surface area is 167 Å². The number of rotatable bonds is 4. The van der Waals surface area contributed by atoms with E-state index in [9.17, 15) is 0 Å². The average molecular weight is 475 g/mol. The first kappa shape index (κ1) is 18.3. The minimum absolute atomic E-state index is 0.279. The molecule has 0 aliphatic carbocycles. The Morgan fingerprint density at radius 2 is 1.77 bits per heavy atom. The number of nitrogens with one attached hydrogen (secondary N) is 1. The molecule has 0 aliphatic rings. The first-order valence-electron chi connectivity index (χ1n) is 7.44. The third-order valence-corrected chi connectivity index (χ3v) is 4.66. The molecule has 0 spiro atoms. The van der Waals surface area contributed by atoms with E-state index in [-0.39, 0.29) is 5.95 Å². The lowest BCUT2D eigenvalue weighted by Crippen LogP contribution is -2.28. The molecule has 130 valence electrons. The smallest absolute Gasteiger partial charge is 0.249 e. The molecule has 1 aromatic heterocycles. The number of benzene rings is 2. The number of hydrogen-bond acceptors (Lipinski definition) is 7. The van der Waals surface area contributed by atoms with E-state index in [1.165, 1.54) is 11.3 Å². The Balaban J connectivity index is 1.88. The molecule has 0 atom stereocenters. The maximum absolute atomic E-state index is 8.86. The van der Waals surface area contributed by atoms with Crippen LogP contribution >= 0.6 is 31.9 Å². The molecule has 1 heterocycles. The molecule has 0 aliphatic heterocycles. The van der Waals surface area contributed by atoms with Crippen molar-refractivity contribution in [3.63, 3.8) is 0 Å². The van der Waals surface area contributed by atoms with E-state index < -0.39 is 0 Å². The lowest BCUT2D eigenvalue weighted by atomic mass is 10.2. The summed E-state index contributed by atoms with van der Waals surface area (Å²) in [6.07, 6.45) is 1.38. The number of nitrogens with zero attached hydrogens (tertiary/aromatic N) is 5. The lowest BCUT2D eigenvalue weighted by molar-refractivity contribution is 0.942. The van der Waals surface area contributed by atoms with Gasteiger partial charge in [-0.3, -0.25) is 0 Å². The number of nitrogens with two attached hydrogens (primary N) is 1. The van der Waals surface area contributed by atoms with Gasteiger partial charge in [-0.15, -0.1) is 0 Å². The molecule has 0 amide bonds. The molecule has 3 N–H and O–H groups in total. The highest BCUT2D eigenvalue weighted by Gasteiger charge is 2.16. The van der Waals surface area contributed by atoms with Gasteiger partial charge in [0, 0.05) is 14.6 Å².